The van der Waals surface area contributed by atoms with Crippen molar-refractivity contribution in [3.63, 3.8) is 0 Å². The average Bonchev–Trinajstić information content (AvgIpc) is 1.93. The van der Waals surface area contributed by atoms with Gasteiger partial charge in [-0.15, -0.1) is 0 Å². The second kappa shape index (κ2) is 3.13. The first-order valence-corrected chi connectivity index (χ1v) is 4.46. The van der Waals surface area contributed by atoms with Crippen molar-refractivity contribution in [2.45, 2.75) is 6.92 Å². The van der Waals surface area contributed by atoms with E-state index in [4.69, 9.17) is 0 Å². The van der Waals surface area contributed by atoms with Gasteiger partial charge in [0.1, 0.15) is 0 Å². The van der Waals surface area contributed by atoms with Crippen molar-refractivity contribution in [2.75, 3.05) is 0 Å². The molecule has 0 bridgehead atoms. The predicted molar refractivity (Wildman–Crippen MR) is 49.3 cm³/mol. The fraction of sp³-hybridized carbons (Fsp3) is 0.167. The first-order chi connectivity index (χ1) is 4.63. The summed E-state index contributed by atoms with van der Waals surface area (Å²) < 4.78 is 14.2. The van der Waals surface area contributed by atoms with E-state index in [0.717, 1.165) is 0 Å². The maximum Gasteiger partial charge on any atom is 0.158 e. The molecule has 1 rings (SSSR count). The molecule has 0 aliphatic carbocycles. The lowest BCUT2D eigenvalue weighted by Gasteiger charge is -1.98. The molecule has 0 unspecified atom stereocenters. The molecule has 0 N–H and O–H groups in total. The molecule has 0 atom stereocenters. The van der Waals surface area contributed by atoms with Gasteiger partial charge in [0.05, 0.1) is 13.7 Å². The number of pyridine rings is 1. The zero-order chi connectivity index (χ0) is 7.72. The Morgan fingerprint density at radius 3 is 2.80 bits per heavy atom. The topological polar surface area (TPSA) is 12.9 Å². The Balaban J connectivity index is 3.34. The van der Waals surface area contributed by atoms with Crippen LogP contribution in [-0.2, 0) is 0 Å². The Morgan fingerprint density at radius 2 is 2.30 bits per heavy atom. The van der Waals surface area contributed by atoms with Gasteiger partial charge in [0.15, 0.2) is 5.82 Å². The van der Waals surface area contributed by atoms with Crippen molar-refractivity contribution >= 4 is 38.5 Å². The van der Waals surface area contributed by atoms with E-state index in [1.807, 2.05) is 22.6 Å². The third-order valence-corrected chi connectivity index (χ3v) is 3.49. The van der Waals surface area contributed by atoms with Gasteiger partial charge in [-0.3, -0.25) is 4.98 Å². The molecule has 1 aromatic rings. The van der Waals surface area contributed by atoms with Crippen LogP contribution in [0, 0.1) is 16.3 Å². The standard InChI is InChI=1S/C6H4BrFIN/c1-3-5(8)6(9)4(7)2-10-3/h2H,1H3. The fourth-order valence-electron chi connectivity index (χ4n) is 0.531. The van der Waals surface area contributed by atoms with Crippen molar-refractivity contribution in [3.8, 4) is 0 Å². The van der Waals surface area contributed by atoms with Gasteiger partial charge in [-0.25, -0.2) is 4.39 Å². The Bertz CT molecular complexity index is 237. The zero-order valence-corrected chi connectivity index (χ0v) is 8.90. The van der Waals surface area contributed by atoms with Crippen LogP contribution in [0.1, 0.15) is 5.69 Å². The van der Waals surface area contributed by atoms with Crippen LogP contribution in [0.3, 0.4) is 0 Å². The van der Waals surface area contributed by atoms with Crippen molar-refractivity contribution in [2.24, 2.45) is 0 Å². The lowest BCUT2D eigenvalue weighted by molar-refractivity contribution is 0.600. The highest BCUT2D eigenvalue weighted by Gasteiger charge is 2.06. The molecule has 4 heteroatoms. The van der Waals surface area contributed by atoms with Gasteiger partial charge < -0.3 is 0 Å². The van der Waals surface area contributed by atoms with E-state index in [1.165, 1.54) is 0 Å². The molecule has 0 aliphatic rings. The summed E-state index contributed by atoms with van der Waals surface area (Å²) in [6, 6.07) is 0. The van der Waals surface area contributed by atoms with E-state index in [0.29, 0.717) is 13.7 Å². The highest BCUT2D eigenvalue weighted by molar-refractivity contribution is 14.1. The minimum absolute atomic E-state index is 0.241. The third-order valence-electron chi connectivity index (χ3n) is 1.09. The molecule has 1 nitrogen and oxygen atoms in total. The van der Waals surface area contributed by atoms with Gasteiger partial charge in [0.25, 0.3) is 0 Å². The van der Waals surface area contributed by atoms with Crippen LogP contribution in [0.2, 0.25) is 0 Å². The normalized spacial score (nSPS) is 10.0. The van der Waals surface area contributed by atoms with E-state index >= 15 is 0 Å². The van der Waals surface area contributed by atoms with Crippen molar-refractivity contribution in [1.82, 2.24) is 4.98 Å². The Labute approximate surface area is 80.3 Å². The second-order valence-electron chi connectivity index (χ2n) is 1.82. The largest absolute Gasteiger partial charge is 0.257 e. The minimum Gasteiger partial charge on any atom is -0.257 e. The zero-order valence-electron chi connectivity index (χ0n) is 5.16. The summed E-state index contributed by atoms with van der Waals surface area (Å²) in [5, 5.41) is 0. The first-order valence-electron chi connectivity index (χ1n) is 2.59. The van der Waals surface area contributed by atoms with Gasteiger partial charge in [0, 0.05) is 6.20 Å². The van der Waals surface area contributed by atoms with E-state index in [2.05, 4.69) is 20.9 Å². The number of nitrogens with zero attached hydrogens (tertiary/aromatic N) is 1. The molecular weight excluding hydrogens is 312 g/mol. The maximum absolute atomic E-state index is 12.9. The van der Waals surface area contributed by atoms with Crippen LogP contribution < -0.4 is 0 Å². The fourth-order valence-corrected chi connectivity index (χ4v) is 1.34. The maximum atomic E-state index is 12.9. The first kappa shape index (κ1) is 8.39. The Kier molecular flexibility index (Phi) is 2.62. The smallest absolute Gasteiger partial charge is 0.158 e. The predicted octanol–water partition coefficient (Wildman–Crippen LogP) is 2.90. The number of aryl methyl sites for hydroxylation is 1. The number of halogens is 3. The average molecular weight is 316 g/mol. The Morgan fingerprint density at radius 1 is 1.70 bits per heavy atom. The molecule has 1 aromatic heterocycles. The molecule has 0 spiro atoms. The monoisotopic (exact) mass is 315 g/mol. The van der Waals surface area contributed by atoms with Gasteiger partial charge >= 0.3 is 0 Å². The summed E-state index contributed by atoms with van der Waals surface area (Å²) in [4.78, 5) is 3.81. The lowest BCUT2D eigenvalue weighted by Crippen LogP contribution is -1.91. The number of aromatic nitrogens is 1. The van der Waals surface area contributed by atoms with Crippen LogP contribution in [-0.4, -0.2) is 4.98 Å². The Hall–Kier alpha value is 0.290. The van der Waals surface area contributed by atoms with Gasteiger partial charge in [-0.2, -0.15) is 0 Å². The van der Waals surface area contributed by atoms with Crippen molar-refractivity contribution in [1.29, 1.82) is 0 Å². The molecule has 0 aromatic carbocycles. The molecule has 0 amide bonds. The van der Waals surface area contributed by atoms with E-state index in [-0.39, 0.29) is 5.82 Å². The van der Waals surface area contributed by atoms with Crippen molar-refractivity contribution < 1.29 is 4.39 Å². The number of rotatable bonds is 0. The molecule has 0 fully saturated rings. The summed E-state index contributed by atoms with van der Waals surface area (Å²) in [6.45, 7) is 1.64. The molecule has 0 saturated heterocycles. The van der Waals surface area contributed by atoms with Gasteiger partial charge in [0.2, 0.25) is 0 Å². The second-order valence-corrected chi connectivity index (χ2v) is 3.75. The van der Waals surface area contributed by atoms with Crippen LogP contribution in [0.4, 0.5) is 4.39 Å². The van der Waals surface area contributed by atoms with Crippen molar-refractivity contribution in [3.05, 3.63) is 25.8 Å². The SMILES string of the molecule is Cc1ncc(Br)c(I)c1F. The van der Waals surface area contributed by atoms with Crippen LogP contribution >= 0.6 is 38.5 Å². The molecule has 1 heterocycles. The summed E-state index contributed by atoms with van der Waals surface area (Å²) >= 11 is 5.10. The molecule has 10 heavy (non-hydrogen) atoms. The summed E-state index contributed by atoms with van der Waals surface area (Å²) in [5.74, 6) is -0.241. The molecule has 0 aliphatic heterocycles. The molecular formula is C6H4BrFIN. The molecule has 0 saturated carbocycles. The van der Waals surface area contributed by atoms with Crippen LogP contribution in [0.5, 0.6) is 0 Å². The summed E-state index contributed by atoms with van der Waals surface area (Å²) in [6.07, 6.45) is 1.60. The molecule has 0 radical (unpaired) electrons. The van der Waals surface area contributed by atoms with Gasteiger partial charge in [-0.05, 0) is 45.4 Å². The van der Waals surface area contributed by atoms with Crippen LogP contribution in [0.25, 0.3) is 0 Å². The van der Waals surface area contributed by atoms with E-state index < -0.39 is 0 Å². The summed E-state index contributed by atoms with van der Waals surface area (Å²) in [7, 11) is 0. The molecule has 54 valence electrons. The van der Waals surface area contributed by atoms with E-state index in [1.54, 1.807) is 13.1 Å². The van der Waals surface area contributed by atoms with Crippen LogP contribution in [0.15, 0.2) is 10.7 Å². The van der Waals surface area contributed by atoms with Gasteiger partial charge in [-0.1, -0.05) is 0 Å². The highest BCUT2D eigenvalue weighted by Crippen LogP contribution is 2.21. The summed E-state index contributed by atoms with van der Waals surface area (Å²) in [5.41, 5.74) is 0.438. The lowest BCUT2D eigenvalue weighted by atomic mass is 10.4. The minimum atomic E-state index is -0.241. The number of hydrogen-bond donors (Lipinski definition) is 0. The van der Waals surface area contributed by atoms with E-state index in [9.17, 15) is 4.39 Å². The highest BCUT2D eigenvalue weighted by atomic mass is 127. The third kappa shape index (κ3) is 1.47. The number of hydrogen-bond acceptors (Lipinski definition) is 1. The quantitative estimate of drug-likeness (QED) is 0.671.